The minimum atomic E-state index is -0.118. The molecule has 0 aromatic heterocycles. The summed E-state index contributed by atoms with van der Waals surface area (Å²) in [6.07, 6.45) is 7.09. The summed E-state index contributed by atoms with van der Waals surface area (Å²) in [7, 11) is 0. The summed E-state index contributed by atoms with van der Waals surface area (Å²) in [6.45, 7) is 8.49. The van der Waals surface area contributed by atoms with Crippen LogP contribution in [0, 0.1) is 11.3 Å². The van der Waals surface area contributed by atoms with E-state index < -0.39 is 0 Å². The number of carbonyl (C=O) groups is 1. The Morgan fingerprint density at radius 3 is 2.87 bits per heavy atom. The molecule has 0 saturated heterocycles. The fourth-order valence-corrected chi connectivity index (χ4v) is 2.11. The average Bonchev–Trinajstić information content (AvgIpc) is 2.16. The van der Waals surface area contributed by atoms with Crippen molar-refractivity contribution in [2.75, 3.05) is 6.61 Å². The predicted molar refractivity (Wildman–Crippen MR) is 61.4 cm³/mol. The van der Waals surface area contributed by atoms with E-state index in [1.54, 1.807) is 0 Å². The highest BCUT2D eigenvalue weighted by Gasteiger charge is 2.39. The third-order valence-electron chi connectivity index (χ3n) is 2.92. The smallest absolute Gasteiger partial charge is 0.313 e. The van der Waals surface area contributed by atoms with Gasteiger partial charge in [0.25, 0.3) is 0 Å². The highest BCUT2D eigenvalue weighted by Crippen LogP contribution is 2.40. The van der Waals surface area contributed by atoms with Gasteiger partial charge in [-0.1, -0.05) is 32.1 Å². The molecule has 0 aromatic rings. The highest BCUT2D eigenvalue weighted by atomic mass is 16.5. The van der Waals surface area contributed by atoms with E-state index in [2.05, 4.69) is 19.9 Å². The van der Waals surface area contributed by atoms with Crippen LogP contribution < -0.4 is 0 Å². The van der Waals surface area contributed by atoms with Gasteiger partial charge in [-0.3, -0.25) is 4.79 Å². The van der Waals surface area contributed by atoms with Crippen molar-refractivity contribution in [3.05, 3.63) is 23.8 Å². The van der Waals surface area contributed by atoms with E-state index >= 15 is 0 Å². The largest absolute Gasteiger partial charge is 0.466 e. The number of hydrogen-bond donors (Lipinski definition) is 0. The molecule has 0 radical (unpaired) electrons. The molecule has 1 unspecified atom stereocenters. The van der Waals surface area contributed by atoms with Gasteiger partial charge >= 0.3 is 5.97 Å². The normalized spacial score (nSPS) is 26.7. The van der Waals surface area contributed by atoms with Gasteiger partial charge in [-0.25, -0.2) is 0 Å². The molecule has 2 heteroatoms. The molecule has 0 amide bonds. The third kappa shape index (κ3) is 2.49. The number of carbonyl (C=O) groups excluding carboxylic acids is 1. The maximum absolute atomic E-state index is 11.9. The molecule has 0 aromatic carbocycles. The van der Waals surface area contributed by atoms with Crippen LogP contribution in [0.1, 0.15) is 34.1 Å². The predicted octanol–water partition coefficient (Wildman–Crippen LogP) is 3.10. The van der Waals surface area contributed by atoms with E-state index in [1.807, 2.05) is 26.0 Å². The summed E-state index contributed by atoms with van der Waals surface area (Å²) >= 11 is 0. The molecule has 0 bridgehead atoms. The third-order valence-corrected chi connectivity index (χ3v) is 2.92. The molecule has 15 heavy (non-hydrogen) atoms. The Morgan fingerprint density at radius 2 is 2.33 bits per heavy atom. The topological polar surface area (TPSA) is 26.3 Å². The average molecular weight is 208 g/mol. The first kappa shape index (κ1) is 12.0. The quantitative estimate of drug-likeness (QED) is 0.652. The van der Waals surface area contributed by atoms with E-state index in [9.17, 15) is 4.79 Å². The minimum Gasteiger partial charge on any atom is -0.466 e. The van der Waals surface area contributed by atoms with Crippen LogP contribution in [-0.2, 0) is 9.53 Å². The van der Waals surface area contributed by atoms with Crippen LogP contribution in [-0.4, -0.2) is 12.6 Å². The molecule has 0 fully saturated rings. The lowest BCUT2D eigenvalue weighted by Gasteiger charge is -2.35. The van der Waals surface area contributed by atoms with Crippen molar-refractivity contribution in [3.63, 3.8) is 0 Å². The first-order chi connectivity index (χ1) is 7.03. The van der Waals surface area contributed by atoms with Gasteiger partial charge in [0, 0.05) is 0 Å². The summed E-state index contributed by atoms with van der Waals surface area (Å²) in [4.78, 5) is 11.9. The van der Waals surface area contributed by atoms with Gasteiger partial charge in [-0.2, -0.15) is 0 Å². The molecule has 1 aliphatic carbocycles. The van der Waals surface area contributed by atoms with E-state index in [0.29, 0.717) is 6.61 Å². The molecule has 0 heterocycles. The van der Waals surface area contributed by atoms with Gasteiger partial charge < -0.3 is 4.74 Å². The van der Waals surface area contributed by atoms with Crippen LogP contribution in [0.3, 0.4) is 0 Å². The van der Waals surface area contributed by atoms with Gasteiger partial charge in [-0.15, -0.1) is 0 Å². The number of esters is 1. The zero-order valence-corrected chi connectivity index (χ0v) is 10.0. The fourth-order valence-electron chi connectivity index (χ4n) is 2.11. The molecule has 0 aliphatic heterocycles. The molecule has 0 saturated carbocycles. The van der Waals surface area contributed by atoms with E-state index in [1.165, 1.54) is 0 Å². The van der Waals surface area contributed by atoms with Crippen LogP contribution in [0.4, 0.5) is 0 Å². The van der Waals surface area contributed by atoms with Gasteiger partial charge in [0.05, 0.1) is 12.5 Å². The second kappa shape index (κ2) is 4.65. The number of rotatable bonds is 2. The van der Waals surface area contributed by atoms with Crippen LogP contribution in [0.5, 0.6) is 0 Å². The van der Waals surface area contributed by atoms with Crippen molar-refractivity contribution in [2.24, 2.45) is 11.3 Å². The zero-order valence-electron chi connectivity index (χ0n) is 10.0. The summed E-state index contributed by atoms with van der Waals surface area (Å²) in [6, 6.07) is 0. The summed E-state index contributed by atoms with van der Waals surface area (Å²) in [5.74, 6) is -0.215. The van der Waals surface area contributed by atoms with Crippen LogP contribution in [0.2, 0.25) is 0 Å². The van der Waals surface area contributed by atoms with E-state index in [4.69, 9.17) is 4.74 Å². The Bertz CT molecular complexity index is 298. The second-order valence-corrected chi connectivity index (χ2v) is 4.57. The molecule has 1 atom stereocenters. The maximum Gasteiger partial charge on any atom is 0.313 e. The van der Waals surface area contributed by atoms with Gasteiger partial charge in [0.1, 0.15) is 0 Å². The van der Waals surface area contributed by atoms with Crippen molar-refractivity contribution in [1.82, 2.24) is 0 Å². The first-order valence-electron chi connectivity index (χ1n) is 5.52. The SMILES string of the molecule is C/C=C1/C=CCC(C)(C)C1C(=O)OCC. The Labute approximate surface area is 92.0 Å². The molecular formula is C13H20O2. The fraction of sp³-hybridized carbons (Fsp3) is 0.615. The molecule has 0 spiro atoms. The Balaban J connectivity index is 2.98. The van der Waals surface area contributed by atoms with Crippen LogP contribution >= 0.6 is 0 Å². The number of hydrogen-bond acceptors (Lipinski definition) is 2. The molecule has 2 nitrogen and oxygen atoms in total. The molecule has 1 rings (SSSR count). The molecule has 1 aliphatic rings. The monoisotopic (exact) mass is 208 g/mol. The number of allylic oxidation sites excluding steroid dienone is 3. The number of ether oxygens (including phenoxy) is 1. The lowest BCUT2D eigenvalue weighted by Crippen LogP contribution is -2.35. The van der Waals surface area contributed by atoms with Crippen molar-refractivity contribution in [2.45, 2.75) is 34.1 Å². The summed E-state index contributed by atoms with van der Waals surface area (Å²) < 4.78 is 5.14. The first-order valence-corrected chi connectivity index (χ1v) is 5.52. The second-order valence-electron chi connectivity index (χ2n) is 4.57. The van der Waals surface area contributed by atoms with E-state index in [0.717, 1.165) is 12.0 Å². The zero-order chi connectivity index (χ0) is 11.5. The lowest BCUT2D eigenvalue weighted by atomic mass is 9.69. The van der Waals surface area contributed by atoms with Crippen LogP contribution in [0.25, 0.3) is 0 Å². The van der Waals surface area contributed by atoms with Crippen molar-refractivity contribution in [1.29, 1.82) is 0 Å². The standard InChI is InChI=1S/C13H20O2/c1-5-10-8-7-9-13(3,4)11(10)12(14)15-6-2/h5,7-8,11H,6,9H2,1-4H3/b10-5-. The van der Waals surface area contributed by atoms with Crippen molar-refractivity contribution in [3.8, 4) is 0 Å². The maximum atomic E-state index is 11.9. The summed E-state index contributed by atoms with van der Waals surface area (Å²) in [5, 5.41) is 0. The van der Waals surface area contributed by atoms with Crippen molar-refractivity contribution >= 4 is 5.97 Å². The van der Waals surface area contributed by atoms with Gasteiger partial charge in [0.2, 0.25) is 0 Å². The summed E-state index contributed by atoms with van der Waals surface area (Å²) in [5.41, 5.74) is 1.03. The van der Waals surface area contributed by atoms with E-state index in [-0.39, 0.29) is 17.3 Å². The highest BCUT2D eigenvalue weighted by molar-refractivity contribution is 5.78. The lowest BCUT2D eigenvalue weighted by molar-refractivity contribution is -0.150. The van der Waals surface area contributed by atoms with Gasteiger partial charge in [-0.05, 0) is 31.3 Å². The molecule has 0 N–H and O–H groups in total. The molecule has 84 valence electrons. The Hall–Kier alpha value is -1.05. The van der Waals surface area contributed by atoms with Crippen LogP contribution in [0.15, 0.2) is 23.8 Å². The Kier molecular flexibility index (Phi) is 3.72. The van der Waals surface area contributed by atoms with Crippen molar-refractivity contribution < 1.29 is 9.53 Å². The van der Waals surface area contributed by atoms with Gasteiger partial charge in [0.15, 0.2) is 0 Å². The molecular weight excluding hydrogens is 188 g/mol. The minimum absolute atomic E-state index is 0.0388. The Morgan fingerprint density at radius 1 is 1.67 bits per heavy atom.